The predicted octanol–water partition coefficient (Wildman–Crippen LogP) is 2.27. The Kier molecular flexibility index (Phi) is 6.05. The van der Waals surface area contributed by atoms with Crippen molar-refractivity contribution in [1.82, 2.24) is 10.9 Å². The van der Waals surface area contributed by atoms with Crippen LogP contribution in [0.1, 0.15) is 25.3 Å². The minimum Gasteiger partial charge on any atom is -0.273 e. The van der Waals surface area contributed by atoms with E-state index < -0.39 is 0 Å². The summed E-state index contributed by atoms with van der Waals surface area (Å²) in [6.45, 7) is 1.76. The van der Waals surface area contributed by atoms with Crippen LogP contribution >= 0.6 is 11.6 Å². The molecule has 1 aromatic rings. The fraction of sp³-hybridized carbons (Fsp3) is 0.250. The Morgan fingerprint density at radius 1 is 1.43 bits per heavy atom. The van der Waals surface area contributed by atoms with Crippen LogP contribution in [0.5, 0.6) is 0 Å². The molecule has 1 aromatic carbocycles. The van der Waals surface area contributed by atoms with Gasteiger partial charge in [-0.1, -0.05) is 41.9 Å². The van der Waals surface area contributed by atoms with Crippen molar-refractivity contribution in [2.45, 2.75) is 19.8 Å². The topological polar surface area (TPSA) is 82.9 Å². The van der Waals surface area contributed by atoms with Crippen LogP contribution in [0.4, 0.5) is 0 Å². The molecule has 6 nitrogen and oxygen atoms in total. The summed E-state index contributed by atoms with van der Waals surface area (Å²) in [5.74, 6) is -0.795. The monoisotopic (exact) mass is 332 g/mol. The lowest BCUT2D eigenvalue weighted by Crippen LogP contribution is -2.25. The zero-order chi connectivity index (χ0) is 16.7. The maximum Gasteiger partial charge on any atom is 0.248 e. The van der Waals surface area contributed by atoms with Gasteiger partial charge in [-0.05, 0) is 25.0 Å². The molecule has 1 atom stereocenters. The summed E-state index contributed by atoms with van der Waals surface area (Å²) in [5, 5.41) is 8.03. The quantitative estimate of drug-likeness (QED) is 0.618. The van der Waals surface area contributed by atoms with Gasteiger partial charge < -0.3 is 0 Å². The van der Waals surface area contributed by atoms with Gasteiger partial charge >= 0.3 is 0 Å². The van der Waals surface area contributed by atoms with E-state index in [9.17, 15) is 9.59 Å². The van der Waals surface area contributed by atoms with Crippen molar-refractivity contribution < 1.29 is 9.59 Å². The van der Waals surface area contributed by atoms with Crippen LogP contribution in [-0.4, -0.2) is 23.7 Å². The lowest BCUT2D eigenvalue weighted by Gasteiger charge is -2.06. The largest absolute Gasteiger partial charge is 0.273 e. The second-order valence-electron chi connectivity index (χ2n) is 5.05. The predicted molar refractivity (Wildman–Crippen MR) is 90.9 cm³/mol. The van der Waals surface area contributed by atoms with Crippen molar-refractivity contribution in [2.75, 3.05) is 0 Å². The molecule has 0 unspecified atom stereocenters. The van der Waals surface area contributed by atoms with Gasteiger partial charge in [0.05, 0.1) is 17.2 Å². The number of nitrogens with zero attached hydrogens (tertiary/aromatic N) is 2. The smallest absolute Gasteiger partial charge is 0.248 e. The third kappa shape index (κ3) is 5.34. The maximum absolute atomic E-state index is 11.7. The molecule has 0 radical (unpaired) electrons. The number of allylic oxidation sites excluding steroid dienone is 1. The molecule has 0 fully saturated rings. The number of nitrogens with one attached hydrogen (secondary N) is 2. The van der Waals surface area contributed by atoms with Gasteiger partial charge in [-0.15, -0.1) is 0 Å². The van der Waals surface area contributed by atoms with Crippen molar-refractivity contribution in [3.63, 3.8) is 0 Å². The third-order valence-electron chi connectivity index (χ3n) is 3.30. The van der Waals surface area contributed by atoms with Gasteiger partial charge in [0, 0.05) is 12.1 Å². The average molecular weight is 333 g/mol. The number of hydrogen-bond donors (Lipinski definition) is 2. The molecular formula is C16H17ClN4O2. The molecule has 2 rings (SSSR count). The molecule has 120 valence electrons. The molecule has 0 spiro atoms. The Hall–Kier alpha value is -2.47. The molecule has 1 aliphatic rings. The number of hydrogen-bond acceptors (Lipinski definition) is 4. The molecular weight excluding hydrogens is 316 g/mol. The molecule has 1 heterocycles. The fourth-order valence-corrected chi connectivity index (χ4v) is 2.25. The van der Waals surface area contributed by atoms with Gasteiger partial charge in [0.25, 0.3) is 0 Å². The molecule has 0 aliphatic carbocycles. The Labute approximate surface area is 139 Å². The molecule has 0 bridgehead atoms. The van der Waals surface area contributed by atoms with Crippen LogP contribution in [-0.2, 0) is 9.59 Å². The lowest BCUT2D eigenvalue weighted by atomic mass is 9.99. The van der Waals surface area contributed by atoms with Crippen LogP contribution in [0.2, 0.25) is 0 Å². The summed E-state index contributed by atoms with van der Waals surface area (Å²) in [4.78, 5) is 23.2. The number of rotatable bonds is 6. The third-order valence-corrected chi connectivity index (χ3v) is 3.51. The van der Waals surface area contributed by atoms with Crippen molar-refractivity contribution in [3.05, 3.63) is 40.9 Å². The summed E-state index contributed by atoms with van der Waals surface area (Å²) in [7, 11) is 0. The van der Waals surface area contributed by atoms with Gasteiger partial charge in [-0.3, -0.25) is 9.59 Å². The summed E-state index contributed by atoms with van der Waals surface area (Å²) < 4.78 is 0. The Bertz CT molecular complexity index is 668. The number of amides is 2. The van der Waals surface area contributed by atoms with Crippen LogP contribution < -0.4 is 10.9 Å². The summed E-state index contributed by atoms with van der Waals surface area (Å²) >= 11 is 6.01. The van der Waals surface area contributed by atoms with Crippen molar-refractivity contribution >= 4 is 41.4 Å². The molecule has 2 N–H and O–H groups in total. The van der Waals surface area contributed by atoms with Crippen molar-refractivity contribution in [3.8, 4) is 0 Å². The Morgan fingerprint density at radius 2 is 2.17 bits per heavy atom. The molecule has 23 heavy (non-hydrogen) atoms. The molecule has 7 heteroatoms. The zero-order valence-electron chi connectivity index (χ0n) is 12.6. The number of halogens is 1. The summed E-state index contributed by atoms with van der Waals surface area (Å²) in [6, 6.07) is 9.53. The van der Waals surface area contributed by atoms with E-state index >= 15 is 0 Å². The number of carbonyl (C=O) groups excluding carboxylic acids is 2. The normalized spacial score (nSPS) is 18.0. The summed E-state index contributed by atoms with van der Waals surface area (Å²) in [5.41, 5.74) is 6.41. The first-order chi connectivity index (χ1) is 11.1. The van der Waals surface area contributed by atoms with E-state index in [4.69, 9.17) is 11.6 Å². The molecule has 0 saturated carbocycles. The van der Waals surface area contributed by atoms with Crippen LogP contribution in [0.15, 0.2) is 45.6 Å². The highest BCUT2D eigenvalue weighted by Gasteiger charge is 2.26. The zero-order valence-corrected chi connectivity index (χ0v) is 13.4. The van der Waals surface area contributed by atoms with E-state index in [1.54, 1.807) is 13.0 Å². The Morgan fingerprint density at radius 3 is 2.83 bits per heavy atom. The highest BCUT2D eigenvalue weighted by atomic mass is 35.5. The van der Waals surface area contributed by atoms with E-state index in [-0.39, 0.29) is 24.2 Å². The van der Waals surface area contributed by atoms with Gasteiger partial charge in [-0.25, -0.2) is 10.9 Å². The maximum atomic E-state index is 11.7. The standard InChI is InChI=1S/C16H17ClN4O2/c1-11-14(16(23)21-19-11)7-8-15(22)20-18-10-13(17)9-12-5-3-2-4-6-12/h2-6,9-10,14H,7-8H2,1H3,(H,20,22)(H,21,23)/b13-9-,18-10?/t14-/m0/s1. The van der Waals surface area contributed by atoms with Gasteiger partial charge in [0.15, 0.2) is 0 Å². The minimum absolute atomic E-state index is 0.173. The van der Waals surface area contributed by atoms with E-state index in [2.05, 4.69) is 21.1 Å². The number of carbonyl (C=O) groups is 2. The highest BCUT2D eigenvalue weighted by molar-refractivity contribution is 6.41. The van der Waals surface area contributed by atoms with Crippen LogP contribution in [0, 0.1) is 5.92 Å². The van der Waals surface area contributed by atoms with Crippen LogP contribution in [0.25, 0.3) is 6.08 Å². The fourth-order valence-electron chi connectivity index (χ4n) is 2.07. The van der Waals surface area contributed by atoms with Gasteiger partial charge in [0.2, 0.25) is 11.8 Å². The first-order valence-corrected chi connectivity index (χ1v) is 7.52. The molecule has 1 aliphatic heterocycles. The SMILES string of the molecule is CC1=NNC(=O)[C@H]1CCC(=O)NN=C/C(Cl)=C/c1ccccc1. The second kappa shape index (κ2) is 8.24. The van der Waals surface area contributed by atoms with E-state index in [1.807, 2.05) is 30.3 Å². The van der Waals surface area contributed by atoms with E-state index in [1.165, 1.54) is 6.21 Å². The number of benzene rings is 1. The van der Waals surface area contributed by atoms with Crippen LogP contribution in [0.3, 0.4) is 0 Å². The van der Waals surface area contributed by atoms with E-state index in [0.29, 0.717) is 17.2 Å². The highest BCUT2D eigenvalue weighted by Crippen LogP contribution is 2.13. The van der Waals surface area contributed by atoms with Crippen molar-refractivity contribution in [1.29, 1.82) is 0 Å². The number of hydrazone groups is 2. The average Bonchev–Trinajstić information content (AvgIpc) is 2.85. The molecule has 0 aromatic heterocycles. The second-order valence-corrected chi connectivity index (χ2v) is 5.49. The minimum atomic E-state index is -0.341. The molecule has 0 saturated heterocycles. The van der Waals surface area contributed by atoms with Gasteiger partial charge in [-0.2, -0.15) is 10.2 Å². The Balaban J connectivity index is 1.77. The van der Waals surface area contributed by atoms with E-state index in [0.717, 1.165) is 5.56 Å². The first kappa shape index (κ1) is 16.9. The van der Waals surface area contributed by atoms with Gasteiger partial charge in [0.1, 0.15) is 0 Å². The van der Waals surface area contributed by atoms with Crippen molar-refractivity contribution in [2.24, 2.45) is 16.1 Å². The summed E-state index contributed by atoms with van der Waals surface area (Å²) in [6.07, 6.45) is 3.68. The lowest BCUT2D eigenvalue weighted by molar-refractivity contribution is -0.123. The molecule has 2 amide bonds. The first-order valence-electron chi connectivity index (χ1n) is 7.14.